The highest BCUT2D eigenvalue weighted by molar-refractivity contribution is 8.00. The molecule has 1 fully saturated rings. The van der Waals surface area contributed by atoms with E-state index >= 15 is 0 Å². The minimum absolute atomic E-state index is 0.0585. The lowest BCUT2D eigenvalue weighted by Gasteiger charge is -2.30. The van der Waals surface area contributed by atoms with Gasteiger partial charge in [-0.05, 0) is 98.6 Å². The molecule has 3 nitrogen and oxygen atoms in total. The molecule has 5 heteroatoms. The molecule has 0 radical (unpaired) electrons. The van der Waals surface area contributed by atoms with E-state index in [1.807, 2.05) is 11.8 Å². The van der Waals surface area contributed by atoms with Crippen LogP contribution in [0.4, 0.5) is 0 Å². The maximum Gasteiger partial charge on any atom is 0.387 e. The highest BCUT2D eigenvalue weighted by Gasteiger charge is 2.32. The second kappa shape index (κ2) is 12.0. The topological polar surface area (TPSA) is 35.5 Å². The van der Waals surface area contributed by atoms with Gasteiger partial charge in [0.25, 0.3) is 0 Å². The van der Waals surface area contributed by atoms with E-state index in [4.69, 9.17) is 12.9 Å². The largest absolute Gasteiger partial charge is 0.399 e. The zero-order valence-corrected chi connectivity index (χ0v) is 30.2. The van der Waals surface area contributed by atoms with Gasteiger partial charge in [-0.3, -0.25) is 4.52 Å². The van der Waals surface area contributed by atoms with Crippen molar-refractivity contribution in [1.82, 2.24) is 0 Å². The van der Waals surface area contributed by atoms with Gasteiger partial charge in [-0.25, -0.2) is 0 Å². The molecule has 0 bridgehead atoms. The standard InChI is InChI=1S/C38H51O3PS/c1-22-16-15-17-23(2)36(22)43-31-19-14-13-18-30(31)39-42-40-34-28(37(7,8)9)20-24(3)26(5)32(34)33-27(6)25(4)21-29(35(33)41-42)38(10,11)12/h15-17,20-21,30-31H,13-14,18-19H2,1-12H3/t30-,31-/m1/s1. The number of benzene rings is 3. The van der Waals surface area contributed by atoms with Gasteiger partial charge in [-0.2, -0.15) is 0 Å². The minimum atomic E-state index is -1.70. The molecular weight excluding hydrogens is 567 g/mol. The summed E-state index contributed by atoms with van der Waals surface area (Å²) >= 11 is 1.99. The van der Waals surface area contributed by atoms with Crippen molar-refractivity contribution in [1.29, 1.82) is 0 Å². The molecule has 43 heavy (non-hydrogen) atoms. The van der Waals surface area contributed by atoms with E-state index in [2.05, 4.69) is 113 Å². The summed E-state index contributed by atoms with van der Waals surface area (Å²) in [7, 11) is -1.70. The van der Waals surface area contributed by atoms with E-state index in [1.165, 1.54) is 73.0 Å². The van der Waals surface area contributed by atoms with E-state index in [1.54, 1.807) is 0 Å². The molecule has 1 saturated carbocycles. The van der Waals surface area contributed by atoms with Crippen LogP contribution in [0, 0.1) is 41.5 Å². The van der Waals surface area contributed by atoms with Gasteiger partial charge in [0, 0.05) is 32.0 Å². The van der Waals surface area contributed by atoms with Gasteiger partial charge in [-0.15, -0.1) is 11.8 Å². The van der Waals surface area contributed by atoms with E-state index in [-0.39, 0.29) is 16.9 Å². The van der Waals surface area contributed by atoms with Crippen LogP contribution in [0.1, 0.15) is 112 Å². The maximum atomic E-state index is 7.07. The fourth-order valence-corrected chi connectivity index (χ4v) is 9.26. The molecule has 0 spiro atoms. The monoisotopic (exact) mass is 618 g/mol. The fraction of sp³-hybridized carbons (Fsp3) is 0.526. The summed E-state index contributed by atoms with van der Waals surface area (Å²) in [6.45, 7) is 27.0. The molecule has 1 aliphatic carbocycles. The van der Waals surface area contributed by atoms with Crippen LogP contribution in [0.15, 0.2) is 43.6 Å². The van der Waals surface area contributed by atoms with Crippen LogP contribution in [0.25, 0.3) is 21.9 Å². The third kappa shape index (κ3) is 6.35. The van der Waals surface area contributed by atoms with Crippen molar-refractivity contribution in [3.8, 4) is 0 Å². The lowest BCUT2D eigenvalue weighted by molar-refractivity contribution is 0.207. The zero-order valence-electron chi connectivity index (χ0n) is 28.5. The first-order valence-corrected chi connectivity index (χ1v) is 17.9. The summed E-state index contributed by atoms with van der Waals surface area (Å²) in [5.74, 6) is 0. The molecule has 1 heterocycles. The molecule has 2 atom stereocenters. The average molecular weight is 619 g/mol. The Morgan fingerprint density at radius 3 is 1.63 bits per heavy atom. The van der Waals surface area contributed by atoms with E-state index in [9.17, 15) is 0 Å². The van der Waals surface area contributed by atoms with Crippen LogP contribution in [-0.4, -0.2) is 11.4 Å². The number of hydrogen-bond acceptors (Lipinski definition) is 4. The predicted molar refractivity (Wildman–Crippen MR) is 187 cm³/mol. The number of hydrogen-bond donors (Lipinski definition) is 0. The first kappa shape index (κ1) is 32.3. The molecule has 4 aromatic rings. The van der Waals surface area contributed by atoms with Crippen LogP contribution >= 0.6 is 20.0 Å². The van der Waals surface area contributed by atoms with Gasteiger partial charge in [0.2, 0.25) is 0 Å². The van der Waals surface area contributed by atoms with Crippen LogP contribution in [-0.2, 0) is 10.8 Å². The normalized spacial score (nSPS) is 18.0. The lowest BCUT2D eigenvalue weighted by Crippen LogP contribution is -2.32. The Bertz CT molecular complexity index is 1610. The van der Waals surface area contributed by atoms with E-state index < -0.39 is 8.24 Å². The highest BCUT2D eigenvalue weighted by atomic mass is 32.2. The fourth-order valence-electron chi connectivity index (χ4n) is 6.47. The Morgan fingerprint density at radius 1 is 0.698 bits per heavy atom. The van der Waals surface area contributed by atoms with E-state index in [0.29, 0.717) is 5.25 Å². The van der Waals surface area contributed by atoms with Crippen molar-refractivity contribution in [3.63, 3.8) is 0 Å². The molecule has 0 unspecified atom stereocenters. The van der Waals surface area contributed by atoms with Crippen LogP contribution in [0.5, 0.6) is 0 Å². The van der Waals surface area contributed by atoms with Crippen LogP contribution in [0.3, 0.4) is 0 Å². The summed E-state index contributed by atoms with van der Waals surface area (Å²) < 4.78 is 21.2. The van der Waals surface area contributed by atoms with Crippen molar-refractivity contribution in [2.75, 3.05) is 0 Å². The van der Waals surface area contributed by atoms with Crippen molar-refractivity contribution >= 4 is 41.9 Å². The third-order valence-electron chi connectivity index (χ3n) is 9.34. The van der Waals surface area contributed by atoms with Gasteiger partial charge >= 0.3 is 8.24 Å². The Hall–Kier alpha value is -2.13. The molecule has 1 aromatic heterocycles. The number of fused-ring (bicyclic) bond motifs is 3. The van der Waals surface area contributed by atoms with Crippen molar-refractivity contribution in [2.24, 2.45) is 0 Å². The smallest absolute Gasteiger partial charge is 0.387 e. The van der Waals surface area contributed by atoms with Crippen LogP contribution in [0.2, 0.25) is 0 Å². The summed E-state index contributed by atoms with van der Waals surface area (Å²) in [4.78, 5) is 1.39. The second-order valence-corrected chi connectivity index (χ2v) is 17.1. The van der Waals surface area contributed by atoms with Gasteiger partial charge in [0.15, 0.2) is 0 Å². The molecule has 0 N–H and O–H groups in total. The second-order valence-electron chi connectivity index (χ2n) is 14.9. The van der Waals surface area contributed by atoms with Crippen molar-refractivity contribution in [2.45, 2.75) is 136 Å². The number of thioether (sulfide) groups is 1. The van der Waals surface area contributed by atoms with Gasteiger partial charge < -0.3 is 8.39 Å². The lowest BCUT2D eigenvalue weighted by atomic mass is 9.81. The molecule has 0 aliphatic heterocycles. The van der Waals surface area contributed by atoms with Crippen LogP contribution < -0.4 is 4.52 Å². The Morgan fingerprint density at radius 2 is 1.16 bits per heavy atom. The average Bonchev–Trinajstić information content (AvgIpc) is 3.07. The molecule has 0 saturated heterocycles. The molecule has 232 valence electrons. The summed E-state index contributed by atoms with van der Waals surface area (Å²) in [5.41, 5.74) is 11.8. The molecule has 5 rings (SSSR count). The highest BCUT2D eigenvalue weighted by Crippen LogP contribution is 2.47. The minimum Gasteiger partial charge on any atom is -0.399 e. The molecule has 0 amide bonds. The summed E-state index contributed by atoms with van der Waals surface area (Å²) in [6, 6.07) is 11.2. The SMILES string of the molecule is Cc1cccc(C)c1S[C@@H]1CCCC[C@H]1Op1oc2c(C(C)(C)C)cc(C)c(C)c2c2c(C)c(C)cc(C(C)(C)C)c2o1. The zero-order chi connectivity index (χ0) is 31.4. The van der Waals surface area contributed by atoms with Crippen molar-refractivity contribution < 1.29 is 12.9 Å². The Balaban J connectivity index is 1.80. The first-order valence-electron chi connectivity index (χ1n) is 15.9. The molecule has 3 aromatic carbocycles. The first-order chi connectivity index (χ1) is 20.1. The third-order valence-corrected chi connectivity index (χ3v) is 12.2. The van der Waals surface area contributed by atoms with Gasteiger partial charge in [0.05, 0.1) is 6.10 Å². The maximum absolute atomic E-state index is 7.07. The van der Waals surface area contributed by atoms with Crippen molar-refractivity contribution in [3.05, 3.63) is 74.8 Å². The summed E-state index contributed by atoms with van der Waals surface area (Å²) in [6.07, 6.45) is 4.61. The van der Waals surface area contributed by atoms with Gasteiger partial charge in [-0.1, -0.05) is 84.7 Å². The quantitative estimate of drug-likeness (QED) is 0.228. The number of aryl methyl sites for hydroxylation is 6. The van der Waals surface area contributed by atoms with Gasteiger partial charge in [0.1, 0.15) is 11.2 Å². The Kier molecular flexibility index (Phi) is 9.00. The summed E-state index contributed by atoms with van der Waals surface area (Å²) in [5, 5.41) is 2.70. The predicted octanol–water partition coefficient (Wildman–Crippen LogP) is 12.3. The van der Waals surface area contributed by atoms with E-state index in [0.717, 1.165) is 24.0 Å². The molecular formula is C38H51O3PS. The number of rotatable bonds is 4. The molecule has 1 aliphatic rings. The Labute approximate surface area is 264 Å².